The van der Waals surface area contributed by atoms with Gasteiger partial charge in [-0.25, -0.2) is 4.79 Å². The third kappa shape index (κ3) is 2.20. The van der Waals surface area contributed by atoms with E-state index in [0.717, 1.165) is 10.0 Å². The fourth-order valence-corrected chi connectivity index (χ4v) is 1.97. The third-order valence-electron chi connectivity index (χ3n) is 2.58. The molecule has 0 aliphatic carbocycles. The molecule has 0 saturated carbocycles. The monoisotopic (exact) mass is 297 g/mol. The summed E-state index contributed by atoms with van der Waals surface area (Å²) in [5.41, 5.74) is -0.367. The van der Waals surface area contributed by atoms with Gasteiger partial charge in [0.2, 0.25) is 0 Å². The molecule has 0 saturated heterocycles. The smallest absolute Gasteiger partial charge is 0.358 e. The van der Waals surface area contributed by atoms with E-state index in [1.165, 1.54) is 0 Å². The van der Waals surface area contributed by atoms with Gasteiger partial charge in [0.05, 0.1) is 6.61 Å². The van der Waals surface area contributed by atoms with Gasteiger partial charge in [-0.15, -0.1) is 0 Å². The Balaban J connectivity index is 2.34. The van der Waals surface area contributed by atoms with E-state index in [4.69, 9.17) is 9.57 Å². The van der Waals surface area contributed by atoms with Gasteiger partial charge in [-0.1, -0.05) is 33.2 Å². The number of carbonyl (C=O) groups excluding carboxylic acids is 1. The van der Waals surface area contributed by atoms with Gasteiger partial charge in [-0.05, 0) is 19.1 Å². The van der Waals surface area contributed by atoms with Crippen molar-refractivity contribution in [2.24, 2.45) is 5.16 Å². The SMILES string of the molecule is CCOC(=O)C1(c2ccc(Br)cc2)CC=NO1. The molecule has 1 heterocycles. The van der Waals surface area contributed by atoms with E-state index < -0.39 is 11.6 Å². The Morgan fingerprint density at radius 1 is 1.53 bits per heavy atom. The maximum absolute atomic E-state index is 12.0. The number of carbonyl (C=O) groups is 1. The van der Waals surface area contributed by atoms with Crippen LogP contribution < -0.4 is 0 Å². The summed E-state index contributed by atoms with van der Waals surface area (Å²) in [6, 6.07) is 7.38. The highest BCUT2D eigenvalue weighted by Gasteiger charge is 2.46. The summed E-state index contributed by atoms with van der Waals surface area (Å²) in [6.45, 7) is 2.09. The minimum atomic E-state index is -1.11. The standard InChI is InChI=1S/C12H12BrNO3/c1-2-16-11(15)12(7-8-14-17-12)9-3-5-10(13)6-4-9/h3-6,8H,2,7H2,1H3. The topological polar surface area (TPSA) is 47.9 Å². The molecule has 2 rings (SSSR count). The van der Waals surface area contributed by atoms with E-state index in [2.05, 4.69) is 21.1 Å². The Kier molecular flexibility index (Phi) is 3.47. The minimum absolute atomic E-state index is 0.320. The number of halogens is 1. The van der Waals surface area contributed by atoms with Crippen LogP contribution in [0, 0.1) is 0 Å². The molecule has 1 aromatic carbocycles. The molecule has 5 heteroatoms. The van der Waals surface area contributed by atoms with Crippen molar-refractivity contribution in [3.63, 3.8) is 0 Å². The van der Waals surface area contributed by atoms with Crippen LogP contribution in [0.2, 0.25) is 0 Å². The number of rotatable bonds is 3. The lowest BCUT2D eigenvalue weighted by Crippen LogP contribution is -2.37. The van der Waals surface area contributed by atoms with Crippen molar-refractivity contribution in [3.05, 3.63) is 34.3 Å². The lowest BCUT2D eigenvalue weighted by Gasteiger charge is -2.24. The number of esters is 1. The first-order valence-corrected chi connectivity index (χ1v) is 6.11. The number of hydrogen-bond acceptors (Lipinski definition) is 4. The molecule has 0 fully saturated rings. The normalized spacial score (nSPS) is 22.2. The Morgan fingerprint density at radius 3 is 2.76 bits per heavy atom. The van der Waals surface area contributed by atoms with Crippen LogP contribution in [0.5, 0.6) is 0 Å². The quantitative estimate of drug-likeness (QED) is 0.806. The van der Waals surface area contributed by atoms with Crippen LogP contribution in [0.3, 0.4) is 0 Å². The maximum Gasteiger partial charge on any atom is 0.358 e. The van der Waals surface area contributed by atoms with Gasteiger partial charge in [0, 0.05) is 22.7 Å². The fraction of sp³-hybridized carbons (Fsp3) is 0.333. The van der Waals surface area contributed by atoms with Crippen molar-refractivity contribution in [3.8, 4) is 0 Å². The van der Waals surface area contributed by atoms with Gasteiger partial charge in [0.15, 0.2) is 0 Å². The number of oxime groups is 1. The Bertz CT molecular complexity index is 434. The molecule has 1 aromatic rings. The summed E-state index contributed by atoms with van der Waals surface area (Å²) in [4.78, 5) is 17.3. The first kappa shape index (κ1) is 12.1. The molecule has 0 radical (unpaired) electrons. The zero-order chi connectivity index (χ0) is 12.3. The Morgan fingerprint density at radius 2 is 2.24 bits per heavy atom. The molecule has 0 aromatic heterocycles. The molecule has 1 unspecified atom stereocenters. The summed E-state index contributed by atoms with van der Waals surface area (Å²) >= 11 is 3.35. The van der Waals surface area contributed by atoms with E-state index >= 15 is 0 Å². The minimum Gasteiger partial charge on any atom is -0.463 e. The summed E-state index contributed by atoms with van der Waals surface area (Å²) in [6.07, 6.45) is 1.98. The predicted octanol–water partition coefficient (Wildman–Crippen LogP) is 2.61. The molecular formula is C12H12BrNO3. The molecule has 0 N–H and O–H groups in total. The zero-order valence-electron chi connectivity index (χ0n) is 9.35. The number of hydrogen-bond donors (Lipinski definition) is 0. The molecule has 17 heavy (non-hydrogen) atoms. The second kappa shape index (κ2) is 4.87. The predicted molar refractivity (Wildman–Crippen MR) is 66.6 cm³/mol. The summed E-state index contributed by atoms with van der Waals surface area (Å²) in [5, 5.41) is 3.70. The zero-order valence-corrected chi connectivity index (χ0v) is 10.9. The molecule has 1 atom stereocenters. The first-order chi connectivity index (χ1) is 8.19. The van der Waals surface area contributed by atoms with Gasteiger partial charge in [0.25, 0.3) is 5.60 Å². The van der Waals surface area contributed by atoms with Crippen LogP contribution in [0.4, 0.5) is 0 Å². The molecule has 1 aliphatic heterocycles. The van der Waals surface area contributed by atoms with Gasteiger partial charge in [-0.3, -0.25) is 0 Å². The second-order valence-corrected chi connectivity index (χ2v) is 4.55. The van der Waals surface area contributed by atoms with Crippen molar-refractivity contribution in [1.29, 1.82) is 0 Å². The van der Waals surface area contributed by atoms with Gasteiger partial charge < -0.3 is 9.57 Å². The highest BCUT2D eigenvalue weighted by Crippen LogP contribution is 2.34. The van der Waals surface area contributed by atoms with Crippen LogP contribution >= 0.6 is 15.9 Å². The highest BCUT2D eigenvalue weighted by molar-refractivity contribution is 9.10. The van der Waals surface area contributed by atoms with Crippen LogP contribution in [-0.2, 0) is 20.0 Å². The highest BCUT2D eigenvalue weighted by atomic mass is 79.9. The second-order valence-electron chi connectivity index (χ2n) is 3.64. The van der Waals surface area contributed by atoms with Crippen molar-refractivity contribution >= 4 is 28.1 Å². The summed E-state index contributed by atoms with van der Waals surface area (Å²) in [7, 11) is 0. The van der Waals surface area contributed by atoms with Crippen LogP contribution in [-0.4, -0.2) is 18.8 Å². The van der Waals surface area contributed by atoms with Crippen molar-refractivity contribution < 1.29 is 14.4 Å². The number of ether oxygens (including phenoxy) is 1. The Labute approximate surface area is 108 Å². The van der Waals surface area contributed by atoms with E-state index in [9.17, 15) is 4.79 Å². The lowest BCUT2D eigenvalue weighted by atomic mass is 9.91. The lowest BCUT2D eigenvalue weighted by molar-refractivity contribution is -0.170. The molecule has 0 spiro atoms. The van der Waals surface area contributed by atoms with Crippen molar-refractivity contribution in [1.82, 2.24) is 0 Å². The summed E-state index contributed by atoms with van der Waals surface area (Å²) in [5.74, 6) is -0.403. The van der Waals surface area contributed by atoms with Gasteiger partial charge >= 0.3 is 5.97 Å². The average molecular weight is 298 g/mol. The van der Waals surface area contributed by atoms with Crippen molar-refractivity contribution in [2.45, 2.75) is 18.9 Å². The molecular weight excluding hydrogens is 286 g/mol. The Hall–Kier alpha value is -1.36. The summed E-state index contributed by atoms with van der Waals surface area (Å²) < 4.78 is 6.00. The van der Waals surface area contributed by atoms with E-state index in [0.29, 0.717) is 13.0 Å². The maximum atomic E-state index is 12.0. The van der Waals surface area contributed by atoms with Gasteiger partial charge in [0.1, 0.15) is 0 Å². The molecule has 0 amide bonds. The number of benzene rings is 1. The fourth-order valence-electron chi connectivity index (χ4n) is 1.71. The van der Waals surface area contributed by atoms with Crippen molar-refractivity contribution in [2.75, 3.05) is 6.61 Å². The van der Waals surface area contributed by atoms with Gasteiger partial charge in [-0.2, -0.15) is 0 Å². The molecule has 0 bridgehead atoms. The van der Waals surface area contributed by atoms with E-state index in [1.807, 2.05) is 24.3 Å². The molecule has 90 valence electrons. The number of nitrogens with zero attached hydrogens (tertiary/aromatic N) is 1. The molecule has 4 nitrogen and oxygen atoms in total. The average Bonchev–Trinajstić information content (AvgIpc) is 2.81. The van der Waals surface area contributed by atoms with E-state index in [1.54, 1.807) is 13.1 Å². The van der Waals surface area contributed by atoms with E-state index in [-0.39, 0.29) is 0 Å². The third-order valence-corrected chi connectivity index (χ3v) is 3.11. The first-order valence-electron chi connectivity index (χ1n) is 5.32. The van der Waals surface area contributed by atoms with Crippen LogP contribution in [0.1, 0.15) is 18.9 Å². The van der Waals surface area contributed by atoms with Crippen LogP contribution in [0.25, 0.3) is 0 Å². The van der Waals surface area contributed by atoms with Crippen LogP contribution in [0.15, 0.2) is 33.9 Å². The largest absolute Gasteiger partial charge is 0.463 e. The molecule has 1 aliphatic rings.